The number of benzene rings is 1. The van der Waals surface area contributed by atoms with E-state index in [1.807, 2.05) is 0 Å². The first kappa shape index (κ1) is 33.5. The van der Waals surface area contributed by atoms with Crippen LogP contribution in [0.4, 0.5) is 5.69 Å². The number of unbranched alkanes of at least 4 members (excludes halogenated alkanes) is 3. The molecule has 1 aromatic carbocycles. The smallest absolute Gasteiger partial charge is 0.259 e. The SMILES string of the molecule is C#Cc1ccc(NC(=O)C(CCC(N)=O)NCCCCCCOP(OCCC#N)N(C(C)C)C(C)C)cc1. The van der Waals surface area contributed by atoms with Crippen LogP contribution < -0.4 is 16.4 Å². The first-order chi connectivity index (χ1) is 18.2. The quantitative estimate of drug-likeness (QED) is 0.123. The standard InChI is InChI=1S/C28H44N5O4P/c1-6-24-12-14-25(15-13-24)32-28(35)26(16-17-27(30)34)31-19-9-7-8-10-20-36-38(37-21-11-18-29)33(22(2)3)23(4)5/h1,12-15,22-23,26,31H,7-11,16-17,19-21H2,2-5H3,(H2,30,34)(H,32,35). The number of anilines is 1. The second-order valence-electron chi connectivity index (χ2n) is 9.52. The van der Waals surface area contributed by atoms with Gasteiger partial charge in [0.2, 0.25) is 11.8 Å². The molecule has 10 heteroatoms. The lowest BCUT2D eigenvalue weighted by molar-refractivity contribution is -0.119. The minimum absolute atomic E-state index is 0.127. The van der Waals surface area contributed by atoms with Gasteiger partial charge in [0.1, 0.15) is 0 Å². The lowest BCUT2D eigenvalue weighted by atomic mass is 10.1. The molecule has 0 fully saturated rings. The number of hydrogen-bond acceptors (Lipinski definition) is 7. The third-order valence-electron chi connectivity index (χ3n) is 5.64. The summed E-state index contributed by atoms with van der Waals surface area (Å²) in [5, 5.41) is 15.0. The Morgan fingerprint density at radius 1 is 1.05 bits per heavy atom. The second kappa shape index (κ2) is 19.5. The van der Waals surface area contributed by atoms with Crippen LogP contribution in [0.2, 0.25) is 0 Å². The molecule has 0 saturated heterocycles. The van der Waals surface area contributed by atoms with Crippen molar-refractivity contribution in [1.29, 1.82) is 5.26 Å². The number of carbonyl (C=O) groups excluding carboxylic acids is 2. The Bertz CT molecular complexity index is 903. The van der Waals surface area contributed by atoms with E-state index in [-0.39, 0.29) is 24.4 Å². The number of hydrogen-bond donors (Lipinski definition) is 3. The molecule has 9 nitrogen and oxygen atoms in total. The number of nitrogens with one attached hydrogen (secondary N) is 2. The van der Waals surface area contributed by atoms with Gasteiger partial charge in [-0.3, -0.25) is 9.59 Å². The molecule has 38 heavy (non-hydrogen) atoms. The average molecular weight is 546 g/mol. The minimum Gasteiger partial charge on any atom is -0.370 e. The monoisotopic (exact) mass is 545 g/mol. The Morgan fingerprint density at radius 2 is 1.68 bits per heavy atom. The number of nitriles is 1. The van der Waals surface area contributed by atoms with E-state index >= 15 is 0 Å². The largest absolute Gasteiger partial charge is 0.370 e. The van der Waals surface area contributed by atoms with Crippen molar-refractivity contribution in [2.45, 2.75) is 90.8 Å². The molecule has 4 N–H and O–H groups in total. The van der Waals surface area contributed by atoms with E-state index in [2.05, 4.69) is 55.0 Å². The first-order valence-corrected chi connectivity index (χ1v) is 14.4. The van der Waals surface area contributed by atoms with Crippen molar-refractivity contribution in [3.05, 3.63) is 29.8 Å². The van der Waals surface area contributed by atoms with Crippen LogP contribution in [0.1, 0.15) is 78.2 Å². The zero-order valence-electron chi connectivity index (χ0n) is 23.2. The van der Waals surface area contributed by atoms with Crippen molar-refractivity contribution in [3.8, 4) is 18.4 Å². The molecule has 0 heterocycles. The molecule has 2 amide bonds. The maximum absolute atomic E-state index is 12.8. The summed E-state index contributed by atoms with van der Waals surface area (Å²) in [5.74, 6) is 1.89. The van der Waals surface area contributed by atoms with Gasteiger partial charge in [-0.15, -0.1) is 6.42 Å². The Morgan fingerprint density at radius 3 is 2.26 bits per heavy atom. The van der Waals surface area contributed by atoms with Crippen molar-refractivity contribution in [1.82, 2.24) is 9.99 Å². The van der Waals surface area contributed by atoms with Gasteiger partial charge in [-0.1, -0.05) is 18.8 Å². The van der Waals surface area contributed by atoms with Gasteiger partial charge in [-0.2, -0.15) is 5.26 Å². The summed E-state index contributed by atoms with van der Waals surface area (Å²) < 4.78 is 14.2. The highest BCUT2D eigenvalue weighted by Gasteiger charge is 2.27. The van der Waals surface area contributed by atoms with Gasteiger partial charge in [-0.05, 0) is 77.8 Å². The number of nitrogens with zero attached hydrogens (tertiary/aromatic N) is 2. The molecular formula is C28H44N5O4P. The zero-order chi connectivity index (χ0) is 28.3. The molecule has 0 aliphatic heterocycles. The van der Waals surface area contributed by atoms with Crippen LogP contribution in [0.15, 0.2) is 24.3 Å². The van der Waals surface area contributed by atoms with E-state index < -0.39 is 20.5 Å². The van der Waals surface area contributed by atoms with E-state index in [1.165, 1.54) is 0 Å². The molecule has 210 valence electrons. The number of terminal acetylenes is 1. The predicted molar refractivity (Wildman–Crippen MR) is 153 cm³/mol. The van der Waals surface area contributed by atoms with Crippen molar-refractivity contribution < 1.29 is 18.6 Å². The summed E-state index contributed by atoms with van der Waals surface area (Å²) >= 11 is 0. The van der Waals surface area contributed by atoms with Crippen molar-refractivity contribution in [2.75, 3.05) is 25.1 Å². The molecule has 2 unspecified atom stereocenters. The predicted octanol–water partition coefficient (Wildman–Crippen LogP) is 4.68. The molecule has 1 aromatic rings. The summed E-state index contributed by atoms with van der Waals surface area (Å²) in [6.07, 6.45) is 9.90. The van der Waals surface area contributed by atoms with Gasteiger partial charge >= 0.3 is 0 Å². The van der Waals surface area contributed by atoms with Crippen molar-refractivity contribution in [3.63, 3.8) is 0 Å². The third kappa shape index (κ3) is 13.9. The lowest BCUT2D eigenvalue weighted by Crippen LogP contribution is -2.41. The maximum Gasteiger partial charge on any atom is 0.259 e. The van der Waals surface area contributed by atoms with Crippen LogP contribution in [-0.2, 0) is 18.6 Å². The molecule has 2 atom stereocenters. The van der Waals surface area contributed by atoms with E-state index in [0.717, 1.165) is 31.2 Å². The van der Waals surface area contributed by atoms with Crippen molar-refractivity contribution >= 4 is 26.0 Å². The zero-order valence-corrected chi connectivity index (χ0v) is 24.1. The van der Waals surface area contributed by atoms with E-state index in [0.29, 0.717) is 38.3 Å². The Labute approximate surface area is 229 Å². The third-order valence-corrected chi connectivity index (χ3v) is 7.75. The van der Waals surface area contributed by atoms with Gasteiger partial charge in [-0.25, -0.2) is 4.67 Å². The number of rotatable bonds is 20. The minimum atomic E-state index is -1.21. The van der Waals surface area contributed by atoms with Gasteiger partial charge in [0.05, 0.1) is 31.7 Å². The molecular weight excluding hydrogens is 501 g/mol. The van der Waals surface area contributed by atoms with E-state index in [1.54, 1.807) is 24.3 Å². The van der Waals surface area contributed by atoms with Gasteiger partial charge < -0.3 is 25.4 Å². The van der Waals surface area contributed by atoms with E-state index in [9.17, 15) is 9.59 Å². The molecule has 0 spiro atoms. The summed E-state index contributed by atoms with van der Waals surface area (Å²) in [6, 6.07) is 9.16. The fourth-order valence-electron chi connectivity index (χ4n) is 3.80. The van der Waals surface area contributed by atoms with Crippen LogP contribution in [0, 0.1) is 23.7 Å². The van der Waals surface area contributed by atoms with Crippen molar-refractivity contribution in [2.24, 2.45) is 5.73 Å². The highest BCUT2D eigenvalue weighted by Crippen LogP contribution is 2.46. The average Bonchev–Trinajstić information content (AvgIpc) is 2.87. The van der Waals surface area contributed by atoms with Crippen LogP contribution in [0.5, 0.6) is 0 Å². The molecule has 0 saturated carbocycles. The maximum atomic E-state index is 12.8. The topological polar surface area (TPSA) is 130 Å². The highest BCUT2D eigenvalue weighted by molar-refractivity contribution is 7.44. The van der Waals surface area contributed by atoms with Crippen LogP contribution in [-0.4, -0.2) is 54.4 Å². The fraction of sp³-hybridized carbons (Fsp3) is 0.607. The second-order valence-corrected chi connectivity index (χ2v) is 11.0. The van der Waals surface area contributed by atoms with Gasteiger partial charge in [0.25, 0.3) is 8.53 Å². The summed E-state index contributed by atoms with van der Waals surface area (Å²) in [7, 11) is -1.21. The van der Waals surface area contributed by atoms with Crippen LogP contribution >= 0.6 is 8.53 Å². The van der Waals surface area contributed by atoms with Crippen LogP contribution in [0.25, 0.3) is 0 Å². The fourth-order valence-corrected chi connectivity index (χ4v) is 5.43. The highest BCUT2D eigenvalue weighted by atomic mass is 31.2. The van der Waals surface area contributed by atoms with Gasteiger partial charge in [0.15, 0.2) is 0 Å². The Hall–Kier alpha value is -2.52. The number of nitrogens with two attached hydrogens (primary N) is 1. The molecule has 0 bridgehead atoms. The number of carbonyl (C=O) groups is 2. The first-order valence-electron chi connectivity index (χ1n) is 13.3. The number of primary amides is 1. The Balaban J connectivity index is 2.44. The summed E-state index contributed by atoms with van der Waals surface area (Å²) in [5.41, 5.74) is 6.68. The van der Waals surface area contributed by atoms with Gasteiger partial charge in [0, 0.05) is 29.8 Å². The summed E-state index contributed by atoms with van der Waals surface area (Å²) in [4.78, 5) is 24.1. The molecule has 1 rings (SSSR count). The molecule has 0 aliphatic carbocycles. The summed E-state index contributed by atoms with van der Waals surface area (Å²) in [6.45, 7) is 10.1. The number of amides is 2. The normalized spacial score (nSPS) is 12.8. The molecule has 0 aliphatic rings. The lowest BCUT2D eigenvalue weighted by Gasteiger charge is -2.35. The van der Waals surface area contributed by atoms with Crippen LogP contribution in [0.3, 0.4) is 0 Å². The molecule has 0 radical (unpaired) electrons. The Kier molecular flexibility index (Phi) is 17.2. The van der Waals surface area contributed by atoms with E-state index in [4.69, 9.17) is 26.5 Å². The molecule has 0 aromatic heterocycles.